The second-order valence-electron chi connectivity index (χ2n) is 5.26. The van der Waals surface area contributed by atoms with Gasteiger partial charge in [-0.25, -0.2) is 8.42 Å². The van der Waals surface area contributed by atoms with Crippen LogP contribution >= 0.6 is 0 Å². The smallest absolute Gasteiger partial charge is 0.221 e. The van der Waals surface area contributed by atoms with Gasteiger partial charge in [-0.2, -0.15) is 0 Å². The van der Waals surface area contributed by atoms with E-state index in [0.717, 1.165) is 26.0 Å². The molecule has 0 aromatic rings. The van der Waals surface area contributed by atoms with Crippen molar-refractivity contribution >= 4 is 15.7 Å². The lowest BCUT2D eigenvalue weighted by Crippen LogP contribution is -2.37. The summed E-state index contributed by atoms with van der Waals surface area (Å²) in [6.45, 7) is 2.22. The first-order valence-corrected chi connectivity index (χ1v) is 8.69. The van der Waals surface area contributed by atoms with E-state index < -0.39 is 9.84 Å². The number of sulfone groups is 1. The van der Waals surface area contributed by atoms with E-state index in [1.807, 2.05) is 0 Å². The van der Waals surface area contributed by atoms with E-state index in [2.05, 4.69) is 10.6 Å². The number of ether oxygens (including phenoxy) is 1. The van der Waals surface area contributed by atoms with Crippen LogP contribution in [0.3, 0.4) is 0 Å². The van der Waals surface area contributed by atoms with Gasteiger partial charge in [0, 0.05) is 32.2 Å². The molecule has 2 heterocycles. The van der Waals surface area contributed by atoms with Crippen LogP contribution in [0, 0.1) is 0 Å². The van der Waals surface area contributed by atoms with Gasteiger partial charge in [-0.3, -0.25) is 4.79 Å². The maximum atomic E-state index is 11.6. The zero-order chi connectivity index (χ0) is 13.7. The molecule has 0 saturated carbocycles. The van der Waals surface area contributed by atoms with Crippen LogP contribution in [0.25, 0.3) is 0 Å². The van der Waals surface area contributed by atoms with Crippen LogP contribution in [0.4, 0.5) is 0 Å². The predicted octanol–water partition coefficient (Wildman–Crippen LogP) is -0.552. The second kappa shape index (κ2) is 6.67. The molecule has 2 rings (SSSR count). The number of carbonyl (C=O) groups excluding carboxylic acids is 1. The van der Waals surface area contributed by atoms with Gasteiger partial charge >= 0.3 is 0 Å². The Hall–Kier alpha value is -0.660. The highest BCUT2D eigenvalue weighted by Gasteiger charge is 2.28. The molecule has 0 aromatic heterocycles. The molecule has 19 heavy (non-hydrogen) atoms. The third kappa shape index (κ3) is 5.08. The molecule has 2 saturated heterocycles. The molecule has 0 radical (unpaired) electrons. The molecule has 2 aliphatic rings. The summed E-state index contributed by atoms with van der Waals surface area (Å²) in [5.41, 5.74) is 0. The van der Waals surface area contributed by atoms with Crippen molar-refractivity contribution in [2.45, 2.75) is 37.8 Å². The lowest BCUT2D eigenvalue weighted by Gasteiger charge is -2.12. The lowest BCUT2D eigenvalue weighted by atomic mass is 10.2. The number of nitrogens with one attached hydrogen (secondary N) is 2. The lowest BCUT2D eigenvalue weighted by molar-refractivity contribution is -0.121. The molecule has 0 aromatic carbocycles. The summed E-state index contributed by atoms with van der Waals surface area (Å²) < 4.78 is 28.0. The van der Waals surface area contributed by atoms with Gasteiger partial charge in [0.05, 0.1) is 17.6 Å². The van der Waals surface area contributed by atoms with Crippen molar-refractivity contribution in [3.63, 3.8) is 0 Å². The number of amides is 1. The molecule has 110 valence electrons. The van der Waals surface area contributed by atoms with E-state index in [1.54, 1.807) is 0 Å². The highest BCUT2D eigenvalue weighted by atomic mass is 32.2. The number of hydrogen-bond acceptors (Lipinski definition) is 5. The van der Waals surface area contributed by atoms with Crippen LogP contribution in [-0.4, -0.2) is 57.7 Å². The Morgan fingerprint density at radius 3 is 2.79 bits per heavy atom. The minimum Gasteiger partial charge on any atom is -0.377 e. The maximum Gasteiger partial charge on any atom is 0.221 e. The third-order valence-electron chi connectivity index (χ3n) is 3.52. The molecule has 6 nitrogen and oxygen atoms in total. The SMILES string of the molecule is O=C(CCNCC1CCCO1)NC1CCS(=O)(=O)C1. The van der Waals surface area contributed by atoms with E-state index >= 15 is 0 Å². The first kappa shape index (κ1) is 14.7. The zero-order valence-electron chi connectivity index (χ0n) is 11.1. The Morgan fingerprint density at radius 2 is 2.16 bits per heavy atom. The summed E-state index contributed by atoms with van der Waals surface area (Å²) in [6.07, 6.45) is 3.39. The molecule has 7 heteroatoms. The van der Waals surface area contributed by atoms with Gasteiger partial charge in [-0.05, 0) is 19.3 Å². The summed E-state index contributed by atoms with van der Waals surface area (Å²) in [7, 11) is -2.92. The summed E-state index contributed by atoms with van der Waals surface area (Å²) in [4.78, 5) is 11.6. The van der Waals surface area contributed by atoms with Crippen molar-refractivity contribution in [1.82, 2.24) is 10.6 Å². The van der Waals surface area contributed by atoms with Crippen LogP contribution in [0.1, 0.15) is 25.7 Å². The van der Waals surface area contributed by atoms with Gasteiger partial charge in [0.25, 0.3) is 0 Å². The molecule has 0 aliphatic carbocycles. The fourth-order valence-corrected chi connectivity index (χ4v) is 4.15. The van der Waals surface area contributed by atoms with Crippen LogP contribution in [-0.2, 0) is 19.4 Å². The highest BCUT2D eigenvalue weighted by Crippen LogP contribution is 2.11. The van der Waals surface area contributed by atoms with Crippen molar-refractivity contribution in [1.29, 1.82) is 0 Å². The van der Waals surface area contributed by atoms with Crippen LogP contribution < -0.4 is 10.6 Å². The van der Waals surface area contributed by atoms with Crippen molar-refractivity contribution < 1.29 is 17.9 Å². The maximum absolute atomic E-state index is 11.6. The van der Waals surface area contributed by atoms with Gasteiger partial charge in [-0.1, -0.05) is 0 Å². The number of rotatable bonds is 6. The molecule has 0 spiro atoms. The fourth-order valence-electron chi connectivity index (χ4n) is 2.48. The summed E-state index contributed by atoms with van der Waals surface area (Å²) >= 11 is 0. The Labute approximate surface area is 114 Å². The minimum atomic E-state index is -2.92. The van der Waals surface area contributed by atoms with Gasteiger partial charge in [0.15, 0.2) is 9.84 Å². The number of carbonyl (C=O) groups is 1. The fraction of sp³-hybridized carbons (Fsp3) is 0.917. The molecule has 2 aliphatic heterocycles. The van der Waals surface area contributed by atoms with Gasteiger partial charge in [0.1, 0.15) is 0 Å². The average molecular weight is 290 g/mol. The van der Waals surface area contributed by atoms with Crippen molar-refractivity contribution in [3.8, 4) is 0 Å². The minimum absolute atomic E-state index is 0.0815. The van der Waals surface area contributed by atoms with E-state index in [9.17, 15) is 13.2 Å². The first-order chi connectivity index (χ1) is 9.05. The van der Waals surface area contributed by atoms with Gasteiger partial charge in [0.2, 0.25) is 5.91 Å². The molecule has 1 amide bonds. The van der Waals surface area contributed by atoms with Gasteiger partial charge in [-0.15, -0.1) is 0 Å². The number of hydrogen-bond donors (Lipinski definition) is 2. The van der Waals surface area contributed by atoms with E-state index in [1.165, 1.54) is 0 Å². The molecule has 2 N–H and O–H groups in total. The molecule has 2 unspecified atom stereocenters. The van der Waals surface area contributed by atoms with Gasteiger partial charge < -0.3 is 15.4 Å². The summed E-state index contributed by atoms with van der Waals surface area (Å²) in [6, 6.07) is -0.198. The Balaban J connectivity index is 1.55. The first-order valence-electron chi connectivity index (χ1n) is 6.87. The Bertz CT molecular complexity index is 404. The van der Waals surface area contributed by atoms with Crippen LogP contribution in [0.5, 0.6) is 0 Å². The Morgan fingerprint density at radius 1 is 1.32 bits per heavy atom. The molecular weight excluding hydrogens is 268 g/mol. The van der Waals surface area contributed by atoms with Crippen molar-refractivity contribution in [2.24, 2.45) is 0 Å². The Kier molecular flexibility index (Phi) is 5.18. The van der Waals surface area contributed by atoms with E-state index in [-0.39, 0.29) is 29.6 Å². The summed E-state index contributed by atoms with van der Waals surface area (Å²) in [5, 5.41) is 5.97. The van der Waals surface area contributed by atoms with Crippen LogP contribution in [0.2, 0.25) is 0 Å². The molecular formula is C12H22N2O4S. The summed E-state index contributed by atoms with van der Waals surface area (Å²) in [5.74, 6) is 0.194. The predicted molar refractivity (Wildman–Crippen MR) is 71.7 cm³/mol. The monoisotopic (exact) mass is 290 g/mol. The largest absolute Gasteiger partial charge is 0.377 e. The quantitative estimate of drug-likeness (QED) is 0.641. The standard InChI is InChI=1S/C12H22N2O4S/c15-12(14-10-4-7-19(16,17)9-10)3-5-13-8-11-2-1-6-18-11/h10-11,13H,1-9H2,(H,14,15). The average Bonchev–Trinajstić information content (AvgIpc) is 2.94. The third-order valence-corrected chi connectivity index (χ3v) is 5.29. The molecule has 2 fully saturated rings. The zero-order valence-corrected chi connectivity index (χ0v) is 11.9. The van der Waals surface area contributed by atoms with Crippen molar-refractivity contribution in [3.05, 3.63) is 0 Å². The van der Waals surface area contributed by atoms with Crippen LogP contribution in [0.15, 0.2) is 0 Å². The van der Waals surface area contributed by atoms with E-state index in [4.69, 9.17) is 4.74 Å². The second-order valence-corrected chi connectivity index (χ2v) is 7.49. The molecule has 2 atom stereocenters. The topological polar surface area (TPSA) is 84.5 Å². The normalized spacial score (nSPS) is 29.5. The van der Waals surface area contributed by atoms with E-state index in [0.29, 0.717) is 19.4 Å². The highest BCUT2D eigenvalue weighted by molar-refractivity contribution is 7.91. The van der Waals surface area contributed by atoms with Crippen molar-refractivity contribution in [2.75, 3.05) is 31.2 Å². The molecule has 0 bridgehead atoms.